The van der Waals surface area contributed by atoms with Crippen LogP contribution in [0, 0.1) is 11.3 Å². The minimum atomic E-state index is -0.822. The second-order valence-electron chi connectivity index (χ2n) is 5.45. The van der Waals surface area contributed by atoms with Crippen molar-refractivity contribution in [1.29, 1.82) is 0 Å². The van der Waals surface area contributed by atoms with Gasteiger partial charge in [-0.05, 0) is 16.9 Å². The van der Waals surface area contributed by atoms with Crippen molar-refractivity contribution in [2.45, 2.75) is 46.0 Å². The largest absolute Gasteiger partial charge is 0.0693 e. The van der Waals surface area contributed by atoms with Crippen LogP contribution in [0.25, 0.3) is 0 Å². The second kappa shape index (κ2) is 1.88. The monoisotopic (exact) mass is 156 g/mol. The van der Waals surface area contributed by atoms with Crippen LogP contribution in [0.2, 0.25) is 25.2 Å². The summed E-state index contributed by atoms with van der Waals surface area (Å²) in [5.74, 6) is 0.985. The minimum absolute atomic E-state index is 0.671. The van der Waals surface area contributed by atoms with E-state index in [0.717, 1.165) is 11.5 Å². The maximum atomic E-state index is 2.49. The van der Waals surface area contributed by atoms with Crippen molar-refractivity contribution in [3.8, 4) is 0 Å². The third-order valence-electron chi connectivity index (χ3n) is 3.30. The molecular formula is C9H20Si. The summed E-state index contributed by atoms with van der Waals surface area (Å²) in [7, 11) is -0.822. The van der Waals surface area contributed by atoms with E-state index in [1.54, 1.807) is 0 Å². The smallest absolute Gasteiger partial charge is 0.0482 e. The van der Waals surface area contributed by atoms with Crippen molar-refractivity contribution < 1.29 is 0 Å². The first-order valence-corrected chi connectivity index (χ1v) is 7.85. The Bertz CT molecular complexity index is 131. The summed E-state index contributed by atoms with van der Waals surface area (Å²) < 4.78 is 0. The van der Waals surface area contributed by atoms with Crippen molar-refractivity contribution >= 4 is 8.07 Å². The van der Waals surface area contributed by atoms with Crippen LogP contribution in [0.5, 0.6) is 0 Å². The van der Waals surface area contributed by atoms with Gasteiger partial charge in [-0.15, -0.1) is 0 Å². The molecule has 2 atom stereocenters. The molecule has 1 fully saturated rings. The van der Waals surface area contributed by atoms with Gasteiger partial charge in [-0.25, -0.2) is 0 Å². The van der Waals surface area contributed by atoms with Gasteiger partial charge in [0, 0.05) is 8.07 Å². The lowest BCUT2D eigenvalue weighted by molar-refractivity contribution is 0.584. The van der Waals surface area contributed by atoms with Gasteiger partial charge in [0.2, 0.25) is 0 Å². The molecule has 0 radical (unpaired) electrons. The Labute approximate surface area is 66.0 Å². The lowest BCUT2D eigenvalue weighted by atomic mass is 10.1. The van der Waals surface area contributed by atoms with Gasteiger partial charge in [0.05, 0.1) is 0 Å². The average Bonchev–Trinajstić information content (AvgIpc) is 2.03. The van der Waals surface area contributed by atoms with Gasteiger partial charge >= 0.3 is 0 Å². The van der Waals surface area contributed by atoms with E-state index in [1.165, 1.54) is 0 Å². The first-order valence-electron chi connectivity index (χ1n) is 4.28. The molecule has 1 aliphatic rings. The molecule has 0 amide bonds. The van der Waals surface area contributed by atoms with Crippen LogP contribution in [0.3, 0.4) is 0 Å². The summed E-state index contributed by atoms with van der Waals surface area (Å²) in [6.07, 6.45) is 0. The molecule has 0 unspecified atom stereocenters. The molecule has 0 aromatic heterocycles. The number of rotatable bonds is 1. The molecule has 1 saturated carbocycles. The third-order valence-corrected chi connectivity index (χ3v) is 6.41. The molecule has 10 heavy (non-hydrogen) atoms. The van der Waals surface area contributed by atoms with E-state index in [4.69, 9.17) is 0 Å². The molecule has 1 rings (SSSR count). The maximum Gasteiger partial charge on any atom is 0.0482 e. The van der Waals surface area contributed by atoms with E-state index >= 15 is 0 Å². The van der Waals surface area contributed by atoms with Gasteiger partial charge in [-0.2, -0.15) is 0 Å². The quantitative estimate of drug-likeness (QED) is 0.511. The highest BCUT2D eigenvalue weighted by Crippen LogP contribution is 2.67. The van der Waals surface area contributed by atoms with Gasteiger partial charge in [0.1, 0.15) is 0 Å². The number of hydrogen-bond donors (Lipinski definition) is 0. The second-order valence-corrected chi connectivity index (χ2v) is 10.8. The fourth-order valence-corrected chi connectivity index (χ4v) is 7.09. The molecular weight excluding hydrogens is 136 g/mol. The molecule has 60 valence electrons. The summed E-state index contributed by atoms with van der Waals surface area (Å²) in [6.45, 7) is 14.7. The Kier molecular flexibility index (Phi) is 1.56. The highest BCUT2D eigenvalue weighted by molar-refractivity contribution is 6.78. The molecule has 0 aromatic carbocycles. The van der Waals surface area contributed by atoms with Gasteiger partial charge < -0.3 is 0 Å². The van der Waals surface area contributed by atoms with E-state index < -0.39 is 8.07 Å². The first-order chi connectivity index (χ1) is 4.28. The fraction of sp³-hybridized carbons (Fsp3) is 1.00. The lowest BCUT2D eigenvalue weighted by Gasteiger charge is -2.17. The van der Waals surface area contributed by atoms with Crippen LogP contribution < -0.4 is 0 Å². The zero-order chi connectivity index (χ0) is 8.15. The van der Waals surface area contributed by atoms with E-state index in [0.29, 0.717) is 5.41 Å². The zero-order valence-corrected chi connectivity index (χ0v) is 9.15. The zero-order valence-electron chi connectivity index (χ0n) is 8.15. The highest BCUT2D eigenvalue weighted by Gasteiger charge is 2.59. The minimum Gasteiger partial charge on any atom is -0.0693 e. The molecule has 0 bridgehead atoms. The van der Waals surface area contributed by atoms with Crippen LogP contribution in [-0.4, -0.2) is 8.07 Å². The van der Waals surface area contributed by atoms with E-state index in [2.05, 4.69) is 40.4 Å². The van der Waals surface area contributed by atoms with Gasteiger partial charge in [-0.1, -0.05) is 40.4 Å². The van der Waals surface area contributed by atoms with E-state index in [-0.39, 0.29) is 0 Å². The van der Waals surface area contributed by atoms with Crippen molar-refractivity contribution in [3.05, 3.63) is 0 Å². The average molecular weight is 156 g/mol. The SMILES string of the molecule is C[C@H]1[C@@H]([Si](C)(C)C)C1(C)C. The Hall–Kier alpha value is 0.217. The molecule has 0 saturated heterocycles. The Morgan fingerprint density at radius 1 is 1.10 bits per heavy atom. The van der Waals surface area contributed by atoms with Gasteiger partial charge in [0.15, 0.2) is 0 Å². The highest BCUT2D eigenvalue weighted by atomic mass is 28.3. The fourth-order valence-electron chi connectivity index (χ4n) is 2.76. The van der Waals surface area contributed by atoms with Crippen molar-refractivity contribution in [2.24, 2.45) is 11.3 Å². The van der Waals surface area contributed by atoms with Crippen molar-refractivity contribution in [3.63, 3.8) is 0 Å². The molecule has 0 aromatic rings. The summed E-state index contributed by atoms with van der Waals surface area (Å²) in [5, 5.41) is 0. The predicted octanol–water partition coefficient (Wildman–Crippen LogP) is 3.37. The van der Waals surface area contributed by atoms with Crippen molar-refractivity contribution in [1.82, 2.24) is 0 Å². The van der Waals surface area contributed by atoms with E-state index in [1.807, 2.05) is 0 Å². The molecule has 0 nitrogen and oxygen atoms in total. The molecule has 0 spiro atoms. The third kappa shape index (κ3) is 1.05. The van der Waals surface area contributed by atoms with E-state index in [9.17, 15) is 0 Å². The molecule has 1 heteroatoms. The standard InChI is InChI=1S/C9H20Si/c1-7-8(9(7,2)3)10(4,5)6/h7-8H,1-6H3/t7-,8+/m0/s1. The maximum absolute atomic E-state index is 2.49. The van der Waals surface area contributed by atoms with Crippen molar-refractivity contribution in [2.75, 3.05) is 0 Å². The first kappa shape index (κ1) is 8.31. The van der Waals surface area contributed by atoms with Gasteiger partial charge in [-0.3, -0.25) is 0 Å². The number of hydrogen-bond acceptors (Lipinski definition) is 0. The molecule has 0 heterocycles. The van der Waals surface area contributed by atoms with Crippen LogP contribution >= 0.6 is 0 Å². The Morgan fingerprint density at radius 3 is 1.40 bits per heavy atom. The molecule has 0 aliphatic heterocycles. The summed E-state index contributed by atoms with van der Waals surface area (Å²) in [5.41, 5.74) is 1.74. The Morgan fingerprint density at radius 2 is 1.40 bits per heavy atom. The van der Waals surface area contributed by atoms with Crippen LogP contribution in [0.1, 0.15) is 20.8 Å². The topological polar surface area (TPSA) is 0 Å². The Balaban J connectivity index is 2.66. The summed E-state index contributed by atoms with van der Waals surface area (Å²) in [4.78, 5) is 0. The van der Waals surface area contributed by atoms with Crippen LogP contribution in [-0.2, 0) is 0 Å². The van der Waals surface area contributed by atoms with Crippen LogP contribution in [0.4, 0.5) is 0 Å². The lowest BCUT2D eigenvalue weighted by Crippen LogP contribution is -2.22. The molecule has 0 N–H and O–H groups in total. The predicted molar refractivity (Wildman–Crippen MR) is 50.0 cm³/mol. The van der Waals surface area contributed by atoms with Crippen LogP contribution in [0.15, 0.2) is 0 Å². The normalized spacial score (nSPS) is 37.8. The van der Waals surface area contributed by atoms with Gasteiger partial charge in [0.25, 0.3) is 0 Å². The summed E-state index contributed by atoms with van der Waals surface area (Å²) in [6, 6.07) is 0. The summed E-state index contributed by atoms with van der Waals surface area (Å²) >= 11 is 0. The molecule has 1 aliphatic carbocycles.